The topological polar surface area (TPSA) is 52.6 Å². The van der Waals surface area contributed by atoms with Crippen molar-refractivity contribution >= 4 is 11.7 Å². The van der Waals surface area contributed by atoms with Crippen LogP contribution in [-0.4, -0.2) is 34.7 Å². The molecule has 0 unspecified atom stereocenters. The number of aliphatic hydroxyl groups is 1. The molecule has 1 saturated carbocycles. The Kier molecular flexibility index (Phi) is 4.92. The average molecular weight is 364 g/mol. The van der Waals surface area contributed by atoms with Crippen molar-refractivity contribution in [3.05, 3.63) is 54.6 Å². The zero-order chi connectivity index (χ0) is 18.9. The largest absolute Gasteiger partial charge is 0.390 e. The van der Waals surface area contributed by atoms with E-state index < -0.39 is 5.60 Å². The van der Waals surface area contributed by atoms with Crippen molar-refractivity contribution in [2.75, 3.05) is 18.4 Å². The summed E-state index contributed by atoms with van der Waals surface area (Å²) in [4.78, 5) is 14.9. The maximum Gasteiger partial charge on any atom is 0.321 e. The van der Waals surface area contributed by atoms with Gasteiger partial charge in [-0.2, -0.15) is 0 Å². The first-order valence-electron chi connectivity index (χ1n) is 10.0. The van der Waals surface area contributed by atoms with E-state index in [0.29, 0.717) is 12.5 Å². The molecule has 2 aromatic carbocycles. The molecule has 1 heterocycles. The number of amides is 2. The van der Waals surface area contributed by atoms with Crippen molar-refractivity contribution < 1.29 is 9.90 Å². The minimum Gasteiger partial charge on any atom is -0.390 e. The van der Waals surface area contributed by atoms with Gasteiger partial charge in [0.1, 0.15) is 0 Å². The van der Waals surface area contributed by atoms with Crippen LogP contribution in [0.1, 0.15) is 32.6 Å². The molecule has 0 spiro atoms. The number of nitrogens with zero attached hydrogens (tertiary/aromatic N) is 1. The highest BCUT2D eigenvalue weighted by Gasteiger charge is 2.48. The van der Waals surface area contributed by atoms with E-state index in [0.717, 1.165) is 49.0 Å². The van der Waals surface area contributed by atoms with Crippen LogP contribution in [0.4, 0.5) is 10.5 Å². The predicted octanol–water partition coefficient (Wildman–Crippen LogP) is 4.76. The lowest BCUT2D eigenvalue weighted by atomic mass is 9.69. The molecule has 1 aliphatic carbocycles. The number of rotatable bonds is 3. The number of fused-ring (bicyclic) bond motifs is 1. The highest BCUT2D eigenvalue weighted by Crippen LogP contribution is 2.44. The number of para-hydroxylation sites is 1. The van der Waals surface area contributed by atoms with Crippen molar-refractivity contribution in [2.24, 2.45) is 11.8 Å². The summed E-state index contributed by atoms with van der Waals surface area (Å²) in [6, 6.07) is 18.0. The molecule has 0 bridgehead atoms. The normalized spacial score (nSPS) is 27.3. The molecule has 2 N–H and O–H groups in total. The SMILES string of the molecule is CC[C@@]1(O)CCC[C@@H]2CN(C(=O)Nc3ccccc3-c3ccccc3)C[C@@H]21. The van der Waals surface area contributed by atoms with E-state index in [2.05, 4.69) is 24.4 Å². The van der Waals surface area contributed by atoms with Crippen LogP contribution in [0.2, 0.25) is 0 Å². The van der Waals surface area contributed by atoms with Gasteiger partial charge in [-0.25, -0.2) is 4.79 Å². The Morgan fingerprint density at radius 3 is 2.67 bits per heavy atom. The molecule has 2 fully saturated rings. The first kappa shape index (κ1) is 18.1. The van der Waals surface area contributed by atoms with E-state index in [1.807, 2.05) is 47.4 Å². The zero-order valence-electron chi connectivity index (χ0n) is 15.9. The highest BCUT2D eigenvalue weighted by atomic mass is 16.3. The van der Waals surface area contributed by atoms with Gasteiger partial charge in [-0.1, -0.05) is 61.9 Å². The standard InChI is InChI=1S/C23H28N2O2/c1-2-23(27)14-8-11-18-15-25(16-20(18)23)22(26)24-21-13-7-6-12-19(21)17-9-4-3-5-10-17/h3-7,9-10,12-13,18,20,27H,2,8,11,14-16H2,1H3,(H,24,26)/t18-,20+,23-/m1/s1. The van der Waals surface area contributed by atoms with Crippen LogP contribution in [0, 0.1) is 11.8 Å². The number of urea groups is 1. The number of hydrogen-bond acceptors (Lipinski definition) is 2. The Morgan fingerprint density at radius 2 is 1.89 bits per heavy atom. The van der Waals surface area contributed by atoms with Gasteiger partial charge in [0.15, 0.2) is 0 Å². The van der Waals surface area contributed by atoms with Crippen LogP contribution in [0.15, 0.2) is 54.6 Å². The first-order valence-corrected chi connectivity index (χ1v) is 10.0. The minimum absolute atomic E-state index is 0.0637. The quantitative estimate of drug-likeness (QED) is 0.825. The molecular weight excluding hydrogens is 336 g/mol. The molecule has 2 amide bonds. The molecule has 3 atom stereocenters. The number of benzene rings is 2. The third-order valence-corrected chi connectivity index (χ3v) is 6.47. The summed E-state index contributed by atoms with van der Waals surface area (Å²) in [5, 5.41) is 14.1. The molecule has 2 aliphatic rings. The Bertz CT molecular complexity index is 807. The van der Waals surface area contributed by atoms with Crippen molar-refractivity contribution in [2.45, 2.75) is 38.2 Å². The fourth-order valence-electron chi connectivity index (χ4n) is 4.89. The smallest absolute Gasteiger partial charge is 0.321 e. The Labute approximate surface area is 161 Å². The van der Waals surface area contributed by atoms with Gasteiger partial charge < -0.3 is 15.3 Å². The summed E-state index contributed by atoms with van der Waals surface area (Å²) in [5.74, 6) is 0.616. The van der Waals surface area contributed by atoms with E-state index in [1.165, 1.54) is 0 Å². The van der Waals surface area contributed by atoms with Crippen molar-refractivity contribution in [3.8, 4) is 11.1 Å². The van der Waals surface area contributed by atoms with Gasteiger partial charge in [0.2, 0.25) is 0 Å². The number of likely N-dealkylation sites (tertiary alicyclic amines) is 1. The number of anilines is 1. The van der Waals surface area contributed by atoms with Gasteiger partial charge in [-0.05, 0) is 36.8 Å². The predicted molar refractivity (Wildman–Crippen MR) is 109 cm³/mol. The molecule has 0 aromatic heterocycles. The van der Waals surface area contributed by atoms with Crippen molar-refractivity contribution in [1.29, 1.82) is 0 Å². The molecule has 4 rings (SSSR count). The van der Waals surface area contributed by atoms with E-state index in [4.69, 9.17) is 0 Å². The van der Waals surface area contributed by atoms with Crippen LogP contribution < -0.4 is 5.32 Å². The number of carbonyl (C=O) groups is 1. The summed E-state index contributed by atoms with van der Waals surface area (Å²) < 4.78 is 0. The number of hydrogen-bond donors (Lipinski definition) is 2. The molecule has 0 radical (unpaired) electrons. The van der Waals surface area contributed by atoms with Gasteiger partial charge >= 0.3 is 6.03 Å². The van der Waals surface area contributed by atoms with Crippen LogP contribution in [0.3, 0.4) is 0 Å². The van der Waals surface area contributed by atoms with Gasteiger partial charge in [0.05, 0.1) is 11.3 Å². The molecule has 4 nitrogen and oxygen atoms in total. The molecule has 4 heteroatoms. The maximum atomic E-state index is 13.0. The fourth-order valence-corrected chi connectivity index (χ4v) is 4.89. The minimum atomic E-state index is -0.611. The van der Waals surface area contributed by atoms with Crippen LogP contribution in [-0.2, 0) is 0 Å². The average Bonchev–Trinajstić information content (AvgIpc) is 3.15. The molecule has 142 valence electrons. The van der Waals surface area contributed by atoms with E-state index >= 15 is 0 Å². The van der Waals surface area contributed by atoms with Crippen molar-refractivity contribution in [3.63, 3.8) is 0 Å². The fraction of sp³-hybridized carbons (Fsp3) is 0.435. The summed E-state index contributed by atoms with van der Waals surface area (Å²) in [6.45, 7) is 3.45. The zero-order valence-corrected chi connectivity index (χ0v) is 15.9. The lowest BCUT2D eigenvalue weighted by molar-refractivity contribution is -0.0607. The molecule has 1 saturated heterocycles. The molecule has 2 aromatic rings. The third-order valence-electron chi connectivity index (χ3n) is 6.47. The van der Waals surface area contributed by atoms with E-state index in [-0.39, 0.29) is 11.9 Å². The summed E-state index contributed by atoms with van der Waals surface area (Å²) >= 11 is 0. The molecule has 1 aliphatic heterocycles. The molecular formula is C23H28N2O2. The van der Waals surface area contributed by atoms with Crippen LogP contribution in [0.5, 0.6) is 0 Å². The molecule has 27 heavy (non-hydrogen) atoms. The van der Waals surface area contributed by atoms with E-state index in [1.54, 1.807) is 0 Å². The van der Waals surface area contributed by atoms with Crippen LogP contribution >= 0.6 is 0 Å². The summed E-state index contributed by atoms with van der Waals surface area (Å²) in [5.41, 5.74) is 2.33. The number of nitrogens with one attached hydrogen (secondary N) is 1. The monoisotopic (exact) mass is 364 g/mol. The van der Waals surface area contributed by atoms with Gasteiger partial charge in [0.25, 0.3) is 0 Å². The Morgan fingerprint density at radius 1 is 1.15 bits per heavy atom. The lowest BCUT2D eigenvalue weighted by Gasteiger charge is -2.40. The second-order valence-electron chi connectivity index (χ2n) is 7.96. The van der Waals surface area contributed by atoms with Gasteiger partial charge in [-0.15, -0.1) is 0 Å². The second-order valence-corrected chi connectivity index (χ2v) is 7.96. The Balaban J connectivity index is 1.51. The van der Waals surface area contributed by atoms with Crippen LogP contribution in [0.25, 0.3) is 11.1 Å². The summed E-state index contributed by atoms with van der Waals surface area (Å²) in [7, 11) is 0. The second kappa shape index (κ2) is 7.35. The highest BCUT2D eigenvalue weighted by molar-refractivity contribution is 5.94. The van der Waals surface area contributed by atoms with Gasteiger partial charge in [-0.3, -0.25) is 0 Å². The van der Waals surface area contributed by atoms with Gasteiger partial charge in [0, 0.05) is 24.6 Å². The van der Waals surface area contributed by atoms with Crippen molar-refractivity contribution in [1.82, 2.24) is 4.90 Å². The first-order chi connectivity index (χ1) is 13.1. The number of carbonyl (C=O) groups excluding carboxylic acids is 1. The van der Waals surface area contributed by atoms with E-state index in [9.17, 15) is 9.90 Å². The summed E-state index contributed by atoms with van der Waals surface area (Å²) in [6.07, 6.45) is 3.78. The Hall–Kier alpha value is -2.33. The lowest BCUT2D eigenvalue weighted by Crippen LogP contribution is -2.44. The third kappa shape index (κ3) is 3.46. The maximum absolute atomic E-state index is 13.0.